The van der Waals surface area contributed by atoms with Gasteiger partial charge in [0.15, 0.2) is 5.82 Å². The van der Waals surface area contributed by atoms with Crippen LogP contribution in [0.25, 0.3) is 11.1 Å². The number of amides is 1. The predicted octanol–water partition coefficient (Wildman–Crippen LogP) is 5.64. The fourth-order valence-corrected chi connectivity index (χ4v) is 3.19. The van der Waals surface area contributed by atoms with Crippen LogP contribution in [0.1, 0.15) is 15.9 Å². The molecule has 0 saturated heterocycles. The van der Waals surface area contributed by atoms with Gasteiger partial charge in [0.2, 0.25) is 0 Å². The lowest BCUT2D eigenvalue weighted by molar-refractivity contribution is 0.102. The second-order valence-electron chi connectivity index (χ2n) is 6.51. The molecule has 0 aliphatic rings. The lowest BCUT2D eigenvalue weighted by atomic mass is 10.0. The minimum atomic E-state index is -0.317. The zero-order valence-electron chi connectivity index (χ0n) is 15.3. The highest BCUT2D eigenvalue weighted by Crippen LogP contribution is 2.23. The number of hydrogen-bond acceptors (Lipinski definition) is 2. The Hall–Kier alpha value is -3.44. The maximum absolute atomic E-state index is 13.8. The molecule has 1 heterocycles. The summed E-state index contributed by atoms with van der Waals surface area (Å²) in [7, 11) is 0. The Morgan fingerprint density at radius 3 is 2.31 bits per heavy atom. The first-order chi connectivity index (χ1) is 14.1. The van der Waals surface area contributed by atoms with Crippen LogP contribution in [-0.2, 0) is 6.54 Å². The number of anilines is 1. The molecule has 4 rings (SSSR count). The number of nitrogens with one attached hydrogen (secondary N) is 1. The SMILES string of the molecule is O=C(Nc1nn(Cc2ccccc2F)cc1Cl)c1ccc(-c2ccccc2)cc1. The highest BCUT2D eigenvalue weighted by Gasteiger charge is 2.13. The first-order valence-electron chi connectivity index (χ1n) is 9.03. The van der Waals surface area contributed by atoms with Gasteiger partial charge in [-0.25, -0.2) is 4.39 Å². The summed E-state index contributed by atoms with van der Waals surface area (Å²) in [4.78, 5) is 12.6. The standard InChI is InChI=1S/C23H17ClFN3O/c24-20-15-28(14-19-8-4-5-9-21(19)25)27-22(20)26-23(29)18-12-10-17(11-13-18)16-6-2-1-3-7-16/h1-13,15H,14H2,(H,26,27,29). The largest absolute Gasteiger partial charge is 0.304 e. The third kappa shape index (κ3) is 4.36. The minimum Gasteiger partial charge on any atom is -0.304 e. The Bertz CT molecular complexity index is 1140. The van der Waals surface area contributed by atoms with Crippen LogP contribution in [0.3, 0.4) is 0 Å². The summed E-state index contributed by atoms with van der Waals surface area (Å²) >= 11 is 6.20. The van der Waals surface area contributed by atoms with Crippen molar-refractivity contribution in [2.24, 2.45) is 0 Å². The fraction of sp³-hybridized carbons (Fsp3) is 0.0435. The summed E-state index contributed by atoms with van der Waals surface area (Å²) in [6.45, 7) is 0.216. The van der Waals surface area contributed by atoms with Crippen LogP contribution in [-0.4, -0.2) is 15.7 Å². The number of aromatic nitrogens is 2. The van der Waals surface area contributed by atoms with Gasteiger partial charge >= 0.3 is 0 Å². The van der Waals surface area contributed by atoms with Gasteiger partial charge in [0, 0.05) is 17.3 Å². The molecule has 0 spiro atoms. The number of hydrogen-bond donors (Lipinski definition) is 1. The molecule has 144 valence electrons. The van der Waals surface area contributed by atoms with E-state index < -0.39 is 0 Å². The Labute approximate surface area is 172 Å². The van der Waals surface area contributed by atoms with E-state index in [0.717, 1.165) is 11.1 Å². The van der Waals surface area contributed by atoms with Gasteiger partial charge in [0.25, 0.3) is 5.91 Å². The maximum atomic E-state index is 13.8. The Balaban J connectivity index is 1.47. The molecule has 0 saturated carbocycles. The average Bonchev–Trinajstić information content (AvgIpc) is 3.09. The molecule has 1 aromatic heterocycles. The highest BCUT2D eigenvalue weighted by molar-refractivity contribution is 6.33. The highest BCUT2D eigenvalue weighted by atomic mass is 35.5. The van der Waals surface area contributed by atoms with Crippen molar-refractivity contribution >= 4 is 23.3 Å². The Kier molecular flexibility index (Phi) is 5.40. The molecule has 29 heavy (non-hydrogen) atoms. The van der Waals surface area contributed by atoms with E-state index in [1.807, 2.05) is 42.5 Å². The molecule has 0 aliphatic carbocycles. The van der Waals surface area contributed by atoms with Crippen LogP contribution >= 0.6 is 11.6 Å². The van der Waals surface area contributed by atoms with E-state index in [4.69, 9.17) is 11.6 Å². The predicted molar refractivity (Wildman–Crippen MR) is 113 cm³/mol. The molecular weight excluding hydrogens is 389 g/mol. The van der Waals surface area contributed by atoms with E-state index in [9.17, 15) is 9.18 Å². The first-order valence-corrected chi connectivity index (χ1v) is 9.41. The third-order valence-corrected chi connectivity index (χ3v) is 4.77. The van der Waals surface area contributed by atoms with Crippen molar-refractivity contribution in [1.29, 1.82) is 0 Å². The van der Waals surface area contributed by atoms with Crippen molar-refractivity contribution in [3.05, 3.63) is 107 Å². The second-order valence-corrected chi connectivity index (χ2v) is 6.92. The Morgan fingerprint density at radius 1 is 0.931 bits per heavy atom. The van der Waals surface area contributed by atoms with E-state index in [-0.39, 0.29) is 29.1 Å². The van der Waals surface area contributed by atoms with E-state index in [1.54, 1.807) is 36.5 Å². The topological polar surface area (TPSA) is 46.9 Å². The summed E-state index contributed by atoms with van der Waals surface area (Å²) in [5, 5.41) is 7.26. The van der Waals surface area contributed by atoms with Crippen LogP contribution in [0, 0.1) is 5.82 Å². The summed E-state index contributed by atoms with van der Waals surface area (Å²) < 4.78 is 15.3. The molecule has 0 fully saturated rings. The van der Waals surface area contributed by atoms with Crippen LogP contribution in [0.5, 0.6) is 0 Å². The summed E-state index contributed by atoms with van der Waals surface area (Å²) in [6, 6.07) is 23.7. The number of nitrogens with zero attached hydrogens (tertiary/aromatic N) is 2. The van der Waals surface area contributed by atoms with E-state index >= 15 is 0 Å². The molecule has 0 atom stereocenters. The number of benzene rings is 3. The minimum absolute atomic E-state index is 0.216. The Morgan fingerprint density at radius 2 is 1.59 bits per heavy atom. The summed E-state index contributed by atoms with van der Waals surface area (Å²) in [5.41, 5.74) is 3.08. The number of carbonyl (C=O) groups is 1. The van der Waals surface area contributed by atoms with Crippen LogP contribution < -0.4 is 5.32 Å². The van der Waals surface area contributed by atoms with Gasteiger partial charge in [0.1, 0.15) is 10.8 Å². The maximum Gasteiger partial charge on any atom is 0.256 e. The molecule has 0 bridgehead atoms. The lowest BCUT2D eigenvalue weighted by Gasteiger charge is -2.06. The van der Waals surface area contributed by atoms with Crippen molar-refractivity contribution < 1.29 is 9.18 Å². The molecule has 6 heteroatoms. The zero-order valence-corrected chi connectivity index (χ0v) is 16.1. The fourth-order valence-electron chi connectivity index (χ4n) is 2.99. The summed E-state index contributed by atoms with van der Waals surface area (Å²) in [6.07, 6.45) is 1.56. The van der Waals surface area contributed by atoms with Crippen molar-refractivity contribution in [1.82, 2.24) is 9.78 Å². The van der Waals surface area contributed by atoms with Gasteiger partial charge < -0.3 is 5.32 Å². The molecule has 0 radical (unpaired) electrons. The molecule has 0 unspecified atom stereocenters. The van der Waals surface area contributed by atoms with Gasteiger partial charge in [-0.2, -0.15) is 5.10 Å². The average molecular weight is 406 g/mol. The summed E-state index contributed by atoms with van der Waals surface area (Å²) in [5.74, 6) is -0.397. The number of carbonyl (C=O) groups excluding carboxylic acids is 1. The monoisotopic (exact) mass is 405 g/mol. The van der Waals surface area contributed by atoms with E-state index in [0.29, 0.717) is 11.1 Å². The van der Waals surface area contributed by atoms with Crippen LogP contribution in [0.15, 0.2) is 85.1 Å². The van der Waals surface area contributed by atoms with Crippen molar-refractivity contribution in [3.63, 3.8) is 0 Å². The molecule has 4 nitrogen and oxygen atoms in total. The van der Waals surface area contributed by atoms with Crippen LogP contribution in [0.4, 0.5) is 10.2 Å². The normalized spacial score (nSPS) is 10.7. The van der Waals surface area contributed by atoms with Gasteiger partial charge in [-0.05, 0) is 29.3 Å². The van der Waals surface area contributed by atoms with Gasteiger partial charge in [-0.1, -0.05) is 72.3 Å². The molecule has 1 N–H and O–H groups in total. The molecule has 1 amide bonds. The lowest BCUT2D eigenvalue weighted by Crippen LogP contribution is -2.13. The van der Waals surface area contributed by atoms with Crippen molar-refractivity contribution in [2.75, 3.05) is 5.32 Å². The quantitative estimate of drug-likeness (QED) is 0.466. The van der Waals surface area contributed by atoms with Crippen LogP contribution in [0.2, 0.25) is 5.02 Å². The van der Waals surface area contributed by atoms with Gasteiger partial charge in [-0.3, -0.25) is 9.48 Å². The van der Waals surface area contributed by atoms with Gasteiger partial charge in [0.05, 0.1) is 6.54 Å². The molecule has 3 aromatic carbocycles. The van der Waals surface area contributed by atoms with E-state index in [2.05, 4.69) is 10.4 Å². The molecular formula is C23H17ClFN3O. The third-order valence-electron chi connectivity index (χ3n) is 4.49. The second kappa shape index (κ2) is 8.29. The van der Waals surface area contributed by atoms with E-state index in [1.165, 1.54) is 10.7 Å². The first kappa shape index (κ1) is 18.9. The van der Waals surface area contributed by atoms with Crippen molar-refractivity contribution in [3.8, 4) is 11.1 Å². The number of rotatable bonds is 5. The molecule has 4 aromatic rings. The molecule has 0 aliphatic heterocycles. The zero-order chi connectivity index (χ0) is 20.2. The van der Waals surface area contributed by atoms with Gasteiger partial charge in [-0.15, -0.1) is 0 Å². The van der Waals surface area contributed by atoms with Crippen molar-refractivity contribution in [2.45, 2.75) is 6.54 Å². The smallest absolute Gasteiger partial charge is 0.256 e. The number of halogens is 2.